The molecule has 0 spiro atoms. The Morgan fingerprint density at radius 1 is 0.556 bits per heavy atom. The number of unbranched alkanes of at least 4 members (excludes halogenated alkanes) is 7. The summed E-state index contributed by atoms with van der Waals surface area (Å²) in [6, 6.07) is 0. The van der Waals surface area contributed by atoms with Crippen LogP contribution in [-0.2, 0) is 0 Å². The van der Waals surface area contributed by atoms with Crippen molar-refractivity contribution in [1.29, 1.82) is 0 Å². The second kappa shape index (κ2) is 12.9. The van der Waals surface area contributed by atoms with Gasteiger partial charge in [0.1, 0.15) is 15.5 Å². The lowest BCUT2D eigenvalue weighted by Gasteiger charge is -2.19. The van der Waals surface area contributed by atoms with E-state index in [2.05, 4.69) is 36.3 Å². The van der Waals surface area contributed by atoms with Crippen LogP contribution in [0.5, 0.6) is 0 Å². The molecule has 0 aromatic carbocycles. The van der Waals surface area contributed by atoms with E-state index in [-0.39, 0.29) is 0 Å². The zero-order valence-electron chi connectivity index (χ0n) is 13.0. The third-order valence-corrected chi connectivity index (χ3v) is 10.3. The number of rotatable bonds is 13. The molecule has 0 radical (unpaired) electrons. The van der Waals surface area contributed by atoms with Gasteiger partial charge in [-0.1, -0.05) is 59.3 Å². The third kappa shape index (κ3) is 10.8. The summed E-state index contributed by atoms with van der Waals surface area (Å²) in [6.45, 7) is 6.94. The van der Waals surface area contributed by atoms with Crippen LogP contribution in [0, 0.1) is 0 Å². The Labute approximate surface area is 125 Å². The van der Waals surface area contributed by atoms with Gasteiger partial charge in [-0.3, -0.25) is 0 Å². The first-order valence-electron chi connectivity index (χ1n) is 8.24. The Hall–Kier alpha value is 0.910. The van der Waals surface area contributed by atoms with E-state index in [1.807, 2.05) is 0 Å². The molecule has 0 aliphatic heterocycles. The molecule has 0 saturated carbocycles. The predicted molar refractivity (Wildman–Crippen MR) is 93.6 cm³/mol. The Bertz CT molecular complexity index is 162. The van der Waals surface area contributed by atoms with Gasteiger partial charge >= 0.3 is 0 Å². The monoisotopic (exact) mass is 337 g/mol. The van der Waals surface area contributed by atoms with Gasteiger partial charge in [0.05, 0.1) is 24.5 Å². The minimum absolute atomic E-state index is 0.745. The third-order valence-electron chi connectivity index (χ3n) is 3.74. The van der Waals surface area contributed by atoms with Crippen molar-refractivity contribution in [2.45, 2.75) is 85.0 Å². The van der Waals surface area contributed by atoms with Crippen LogP contribution in [0.4, 0.5) is 0 Å². The second-order valence-corrected chi connectivity index (χ2v) is 13.6. The fourth-order valence-electron chi connectivity index (χ4n) is 2.39. The molecule has 0 heterocycles. The highest BCUT2D eigenvalue weighted by Gasteiger charge is 2.32. The summed E-state index contributed by atoms with van der Waals surface area (Å²) in [4.78, 5) is 0. The molecule has 0 aliphatic rings. The zero-order chi connectivity index (χ0) is 13.7. The van der Waals surface area contributed by atoms with Crippen molar-refractivity contribution >= 4 is 21.5 Å². The minimum atomic E-state index is -0.745. The maximum Gasteiger partial charge on any atom is 0.138 e. The van der Waals surface area contributed by atoms with E-state index >= 15 is 0 Å². The maximum absolute atomic E-state index is 4.18. The summed E-state index contributed by atoms with van der Waals surface area (Å²) in [6.07, 6.45) is 18.7. The summed E-state index contributed by atoms with van der Waals surface area (Å²) in [5.74, 6) is -0.745. The van der Waals surface area contributed by atoms with Gasteiger partial charge in [0.25, 0.3) is 0 Å². The fourth-order valence-corrected chi connectivity index (χ4v) is 7.88. The largest absolute Gasteiger partial charge is 0.138 e. The molecule has 0 atom stereocenters. The molecule has 0 unspecified atom stereocenters. The van der Waals surface area contributed by atoms with Crippen LogP contribution in [0.25, 0.3) is 0 Å². The van der Waals surface area contributed by atoms with Crippen molar-refractivity contribution in [3.8, 4) is 0 Å². The summed E-state index contributed by atoms with van der Waals surface area (Å²) in [5.41, 5.74) is 0. The lowest BCUT2D eigenvalue weighted by Crippen LogP contribution is -2.03. The predicted octanol–water partition coefficient (Wildman–Crippen LogP) is 7.27. The zero-order valence-corrected chi connectivity index (χ0v) is 15.5. The van der Waals surface area contributed by atoms with Gasteiger partial charge in [-0.2, -0.15) is 0 Å². The molecule has 0 aliphatic carbocycles. The highest BCUT2D eigenvalue weighted by molar-refractivity contribution is 9.42. The van der Waals surface area contributed by atoms with E-state index in [4.69, 9.17) is 0 Å². The topological polar surface area (TPSA) is 0 Å². The van der Waals surface area contributed by atoms with Crippen LogP contribution in [0.15, 0.2) is 0 Å². The number of hydrogen-bond acceptors (Lipinski definition) is 0. The van der Waals surface area contributed by atoms with Crippen LogP contribution in [0.1, 0.15) is 85.0 Å². The van der Waals surface area contributed by atoms with Gasteiger partial charge in [0.15, 0.2) is 0 Å². The number of halogens is 1. The smallest absolute Gasteiger partial charge is 0.0654 e. The molecule has 18 heavy (non-hydrogen) atoms. The fraction of sp³-hybridized carbons (Fsp3) is 1.00. The molecule has 0 amide bonds. The molecular formula is C16H35BrP+. The number of hydrogen-bond donors (Lipinski definition) is 0. The van der Waals surface area contributed by atoms with Gasteiger partial charge in [-0.05, 0) is 25.7 Å². The van der Waals surface area contributed by atoms with E-state index < -0.39 is 5.96 Å². The maximum atomic E-state index is 4.18. The van der Waals surface area contributed by atoms with Gasteiger partial charge in [-0.15, -0.1) is 0 Å². The summed E-state index contributed by atoms with van der Waals surface area (Å²) < 4.78 is 0. The normalized spacial score (nSPS) is 12.0. The lowest BCUT2D eigenvalue weighted by atomic mass is 10.1. The molecule has 0 bridgehead atoms. The van der Waals surface area contributed by atoms with E-state index in [0.717, 1.165) is 0 Å². The average molecular weight is 338 g/mol. The second-order valence-electron chi connectivity index (χ2n) is 5.68. The van der Waals surface area contributed by atoms with Gasteiger partial charge in [0, 0.05) is 0 Å². The Kier molecular flexibility index (Phi) is 13.6. The van der Waals surface area contributed by atoms with E-state index in [1.165, 1.54) is 82.7 Å². The molecular weight excluding hydrogens is 303 g/mol. The minimum Gasteiger partial charge on any atom is -0.0654 e. The van der Waals surface area contributed by atoms with Crippen LogP contribution in [-0.4, -0.2) is 18.5 Å². The average Bonchev–Trinajstić information content (AvgIpc) is 2.38. The van der Waals surface area contributed by atoms with Crippen LogP contribution >= 0.6 is 21.5 Å². The summed E-state index contributed by atoms with van der Waals surface area (Å²) >= 11 is 4.18. The van der Waals surface area contributed by atoms with Crippen molar-refractivity contribution in [2.75, 3.05) is 18.5 Å². The SMILES string of the molecule is CCCCCCCC[P+](Br)(CCCC)CCCC. The van der Waals surface area contributed by atoms with Crippen molar-refractivity contribution in [2.24, 2.45) is 0 Å². The van der Waals surface area contributed by atoms with Crippen molar-refractivity contribution in [3.05, 3.63) is 0 Å². The van der Waals surface area contributed by atoms with E-state index in [1.54, 1.807) is 0 Å². The van der Waals surface area contributed by atoms with Crippen molar-refractivity contribution in [1.82, 2.24) is 0 Å². The molecule has 0 N–H and O–H groups in total. The Morgan fingerprint density at radius 3 is 1.44 bits per heavy atom. The lowest BCUT2D eigenvalue weighted by molar-refractivity contribution is 0.625. The molecule has 0 aromatic rings. The molecule has 0 fully saturated rings. The van der Waals surface area contributed by atoms with Crippen molar-refractivity contribution in [3.63, 3.8) is 0 Å². The standard InChI is InChI=1S/C16H35BrP/c1-4-7-10-11-12-13-16-18(17,14-8-5-2)15-9-6-3/h4-16H2,1-3H3/q+1. The molecule has 0 aromatic heterocycles. The van der Waals surface area contributed by atoms with Gasteiger partial charge < -0.3 is 0 Å². The van der Waals surface area contributed by atoms with Crippen LogP contribution in [0.3, 0.4) is 0 Å². The first-order valence-corrected chi connectivity index (χ1v) is 12.6. The summed E-state index contributed by atoms with van der Waals surface area (Å²) in [5, 5.41) is 0. The van der Waals surface area contributed by atoms with Gasteiger partial charge in [-0.25, -0.2) is 0 Å². The first kappa shape index (κ1) is 18.9. The Balaban J connectivity index is 3.77. The van der Waals surface area contributed by atoms with Crippen molar-refractivity contribution < 1.29 is 0 Å². The first-order chi connectivity index (χ1) is 8.68. The van der Waals surface area contributed by atoms with Crippen LogP contribution < -0.4 is 0 Å². The highest BCUT2D eigenvalue weighted by atomic mass is 79.9. The molecule has 0 rings (SSSR count). The molecule has 2 heteroatoms. The Morgan fingerprint density at radius 2 is 0.944 bits per heavy atom. The summed E-state index contributed by atoms with van der Waals surface area (Å²) in [7, 11) is 0. The van der Waals surface area contributed by atoms with Crippen LogP contribution in [0.2, 0.25) is 0 Å². The molecule has 110 valence electrons. The highest BCUT2D eigenvalue weighted by Crippen LogP contribution is 2.67. The van der Waals surface area contributed by atoms with E-state index in [0.29, 0.717) is 0 Å². The molecule has 0 nitrogen and oxygen atoms in total. The molecule has 0 saturated heterocycles. The quantitative estimate of drug-likeness (QED) is 0.244. The van der Waals surface area contributed by atoms with E-state index in [9.17, 15) is 0 Å². The van der Waals surface area contributed by atoms with Gasteiger partial charge in [0.2, 0.25) is 0 Å².